The van der Waals surface area contributed by atoms with E-state index in [0.29, 0.717) is 39.3 Å². The molecule has 5 atom stereocenters. The molecule has 5 nitrogen and oxygen atoms in total. The fraction of sp³-hybridized carbons (Fsp3) is 0.652. The van der Waals surface area contributed by atoms with E-state index in [9.17, 15) is 0 Å². The minimum Gasteiger partial charge on any atom is -0.342 e. The summed E-state index contributed by atoms with van der Waals surface area (Å²) in [5.41, 5.74) is 1.60. The van der Waals surface area contributed by atoms with E-state index in [4.69, 9.17) is 32.7 Å². The Balaban J connectivity index is 1.33. The van der Waals surface area contributed by atoms with Gasteiger partial charge in [0.15, 0.2) is 0 Å². The average molecular weight is 482 g/mol. The van der Waals surface area contributed by atoms with Gasteiger partial charge < -0.3 is 9.47 Å². The van der Waals surface area contributed by atoms with Gasteiger partial charge in [-0.05, 0) is 48.1 Å². The summed E-state index contributed by atoms with van der Waals surface area (Å²) in [6.45, 7) is 8.33. The van der Waals surface area contributed by atoms with Crippen LogP contribution in [-0.4, -0.2) is 38.5 Å². The summed E-state index contributed by atoms with van der Waals surface area (Å²) in [7, 11) is 0. The lowest BCUT2D eigenvalue weighted by Crippen LogP contribution is -2.36. The van der Waals surface area contributed by atoms with Crippen molar-refractivity contribution in [2.45, 2.75) is 63.7 Å². The first kappa shape index (κ1) is 22.0. The van der Waals surface area contributed by atoms with Gasteiger partial charge in [-0.1, -0.05) is 50.0 Å². The van der Waals surface area contributed by atoms with E-state index >= 15 is 0 Å². The van der Waals surface area contributed by atoms with E-state index in [2.05, 4.69) is 42.6 Å². The predicted octanol–water partition coefficient (Wildman–Crippen LogP) is 5.80. The quantitative estimate of drug-likeness (QED) is 0.521. The fourth-order valence-electron chi connectivity index (χ4n) is 5.89. The molecule has 3 fully saturated rings. The van der Waals surface area contributed by atoms with Crippen molar-refractivity contribution in [2.24, 2.45) is 16.7 Å². The summed E-state index contributed by atoms with van der Waals surface area (Å²) in [4.78, 5) is 4.06. The SMILES string of the molecule is CC1(C)[C@H]2CC[C@]1(C)[C@@H](SC[C@H]1CO[C@@](Cn3cncn3)(c3ccc(Cl)cc3Cl)O1)C2. The highest BCUT2D eigenvalue weighted by molar-refractivity contribution is 8.00. The minimum atomic E-state index is -1.00. The summed E-state index contributed by atoms with van der Waals surface area (Å²) >= 11 is 14.8. The topological polar surface area (TPSA) is 49.2 Å². The smallest absolute Gasteiger partial charge is 0.217 e. The Kier molecular flexibility index (Phi) is 5.62. The van der Waals surface area contributed by atoms with Gasteiger partial charge in [0.05, 0.1) is 17.7 Å². The number of hydrogen-bond donors (Lipinski definition) is 0. The molecule has 1 aromatic carbocycles. The third kappa shape index (κ3) is 3.63. The van der Waals surface area contributed by atoms with Crippen LogP contribution in [0.15, 0.2) is 30.9 Å². The third-order valence-corrected chi connectivity index (χ3v) is 10.5. The Bertz CT molecular complexity index is 956. The third-order valence-electron chi connectivity index (χ3n) is 8.23. The molecule has 1 aliphatic heterocycles. The molecule has 0 amide bonds. The van der Waals surface area contributed by atoms with E-state index < -0.39 is 5.79 Å². The monoisotopic (exact) mass is 481 g/mol. The van der Waals surface area contributed by atoms with Gasteiger partial charge in [-0.3, -0.25) is 0 Å². The lowest BCUT2D eigenvalue weighted by molar-refractivity contribution is -0.186. The van der Waals surface area contributed by atoms with E-state index in [1.54, 1.807) is 17.1 Å². The largest absolute Gasteiger partial charge is 0.342 e. The molecular weight excluding hydrogens is 453 g/mol. The standard InChI is InChI=1S/C23H29Cl2N3O2S/c1-21(2)15-6-7-22(21,3)20(8-15)31-11-17-10-29-23(30-17,12-28-14-26-13-27-28)18-5-4-16(24)9-19(18)25/h4-5,9,13-15,17,20H,6-8,10-12H2,1-3H3/t15-,17+,20-,22+,23+/m0/s1. The number of thioether (sulfide) groups is 1. The van der Waals surface area contributed by atoms with E-state index in [0.717, 1.165) is 17.2 Å². The number of ether oxygens (including phenoxy) is 2. The van der Waals surface area contributed by atoms with Crippen molar-refractivity contribution in [3.8, 4) is 0 Å². The van der Waals surface area contributed by atoms with Crippen molar-refractivity contribution in [3.63, 3.8) is 0 Å². The molecule has 168 valence electrons. The fourth-order valence-corrected chi connectivity index (χ4v) is 8.21. The molecule has 0 radical (unpaired) electrons. The Morgan fingerprint density at radius 3 is 2.74 bits per heavy atom. The van der Waals surface area contributed by atoms with Gasteiger partial charge >= 0.3 is 0 Å². The second-order valence-electron chi connectivity index (χ2n) is 9.95. The first-order chi connectivity index (χ1) is 14.7. The Labute approximate surface area is 198 Å². The van der Waals surface area contributed by atoms with Crippen molar-refractivity contribution >= 4 is 35.0 Å². The minimum absolute atomic E-state index is 0.00824. The summed E-state index contributed by atoms with van der Waals surface area (Å²) in [6, 6.07) is 5.43. The normalized spacial score (nSPS) is 36.4. The second kappa shape index (κ2) is 7.91. The van der Waals surface area contributed by atoms with Crippen molar-refractivity contribution in [3.05, 3.63) is 46.5 Å². The van der Waals surface area contributed by atoms with Crippen LogP contribution in [0, 0.1) is 16.7 Å². The van der Waals surface area contributed by atoms with E-state index in [1.807, 2.05) is 12.1 Å². The van der Waals surface area contributed by atoms with Crippen LogP contribution in [0.3, 0.4) is 0 Å². The molecule has 0 unspecified atom stereocenters. The maximum absolute atomic E-state index is 6.59. The summed E-state index contributed by atoms with van der Waals surface area (Å²) < 4.78 is 14.6. The number of halogens is 2. The molecule has 0 N–H and O–H groups in total. The van der Waals surface area contributed by atoms with Gasteiger partial charge in [0.1, 0.15) is 19.2 Å². The molecule has 2 aliphatic carbocycles. The van der Waals surface area contributed by atoms with Crippen LogP contribution in [0.5, 0.6) is 0 Å². The molecule has 31 heavy (non-hydrogen) atoms. The summed E-state index contributed by atoms with van der Waals surface area (Å²) in [5, 5.41) is 6.04. The maximum atomic E-state index is 6.59. The van der Waals surface area contributed by atoms with E-state index in [1.165, 1.54) is 25.6 Å². The Morgan fingerprint density at radius 1 is 1.26 bits per heavy atom. The molecule has 1 aromatic heterocycles. The first-order valence-corrected chi connectivity index (χ1v) is 12.8. The van der Waals surface area contributed by atoms with Crippen molar-refractivity contribution in [2.75, 3.05) is 12.4 Å². The molecule has 0 spiro atoms. The summed E-state index contributed by atoms with van der Waals surface area (Å²) in [5.74, 6) is 0.751. The number of rotatable bonds is 6. The first-order valence-electron chi connectivity index (χ1n) is 10.9. The molecular formula is C23H29Cl2N3O2S. The predicted molar refractivity (Wildman–Crippen MR) is 124 cm³/mol. The van der Waals surface area contributed by atoms with Crippen LogP contribution in [0.4, 0.5) is 0 Å². The van der Waals surface area contributed by atoms with Gasteiger partial charge in [0, 0.05) is 21.6 Å². The maximum Gasteiger partial charge on any atom is 0.217 e. The molecule has 1 saturated heterocycles. The molecule has 5 rings (SSSR count). The lowest BCUT2D eigenvalue weighted by atomic mass is 9.71. The highest BCUT2D eigenvalue weighted by Gasteiger charge is 2.61. The highest BCUT2D eigenvalue weighted by atomic mass is 35.5. The van der Waals surface area contributed by atoms with Crippen LogP contribution in [0.2, 0.25) is 10.0 Å². The molecule has 8 heteroatoms. The van der Waals surface area contributed by atoms with Gasteiger partial charge in [-0.2, -0.15) is 16.9 Å². The van der Waals surface area contributed by atoms with Gasteiger partial charge in [-0.15, -0.1) is 0 Å². The van der Waals surface area contributed by atoms with Crippen molar-refractivity contribution in [1.82, 2.24) is 14.8 Å². The van der Waals surface area contributed by atoms with Crippen molar-refractivity contribution < 1.29 is 9.47 Å². The molecule has 2 saturated carbocycles. The van der Waals surface area contributed by atoms with E-state index in [-0.39, 0.29) is 6.10 Å². The van der Waals surface area contributed by atoms with Crippen LogP contribution >= 0.6 is 35.0 Å². The van der Waals surface area contributed by atoms with Gasteiger partial charge in [-0.25, -0.2) is 9.67 Å². The number of benzene rings is 1. The number of fused-ring (bicyclic) bond motifs is 2. The van der Waals surface area contributed by atoms with Crippen LogP contribution in [0.1, 0.15) is 45.6 Å². The summed E-state index contributed by atoms with van der Waals surface area (Å²) in [6.07, 6.45) is 7.19. The van der Waals surface area contributed by atoms with Gasteiger partial charge in [0.25, 0.3) is 0 Å². The van der Waals surface area contributed by atoms with Gasteiger partial charge in [0.2, 0.25) is 5.79 Å². The zero-order valence-electron chi connectivity index (χ0n) is 18.2. The zero-order valence-corrected chi connectivity index (χ0v) is 20.5. The molecule has 2 heterocycles. The van der Waals surface area contributed by atoms with Crippen LogP contribution in [0.25, 0.3) is 0 Å². The lowest BCUT2D eigenvalue weighted by Gasteiger charge is -2.39. The highest BCUT2D eigenvalue weighted by Crippen LogP contribution is 2.68. The molecule has 2 bridgehead atoms. The van der Waals surface area contributed by atoms with Crippen molar-refractivity contribution in [1.29, 1.82) is 0 Å². The second-order valence-corrected chi connectivity index (χ2v) is 12.0. The molecule has 3 aliphatic rings. The Morgan fingerprint density at radius 2 is 2.10 bits per heavy atom. The zero-order chi connectivity index (χ0) is 21.9. The number of nitrogens with zero attached hydrogens (tertiary/aromatic N) is 3. The number of aromatic nitrogens is 3. The molecule has 2 aromatic rings. The average Bonchev–Trinajstić information content (AvgIpc) is 3.45. The Hall–Kier alpha value is -0.790. The number of hydrogen-bond acceptors (Lipinski definition) is 5. The van der Waals surface area contributed by atoms with Crippen LogP contribution in [-0.2, 0) is 21.8 Å². The van der Waals surface area contributed by atoms with Crippen LogP contribution < -0.4 is 0 Å².